The molecule has 21 heavy (non-hydrogen) atoms. The predicted octanol–water partition coefficient (Wildman–Crippen LogP) is 1.52. The van der Waals surface area contributed by atoms with Crippen molar-refractivity contribution < 1.29 is 14.3 Å². The minimum absolute atomic E-state index is 0.118. The van der Waals surface area contributed by atoms with Crippen molar-refractivity contribution in [2.45, 2.75) is 25.0 Å². The van der Waals surface area contributed by atoms with E-state index in [1.165, 1.54) is 0 Å². The van der Waals surface area contributed by atoms with Crippen molar-refractivity contribution in [3.8, 4) is 0 Å². The van der Waals surface area contributed by atoms with Gasteiger partial charge in [0.15, 0.2) is 0 Å². The van der Waals surface area contributed by atoms with E-state index >= 15 is 0 Å². The Kier molecular flexibility index (Phi) is 4.12. The molecule has 0 aliphatic carbocycles. The lowest BCUT2D eigenvalue weighted by Gasteiger charge is -2.36. The van der Waals surface area contributed by atoms with Crippen LogP contribution in [0.25, 0.3) is 0 Å². The summed E-state index contributed by atoms with van der Waals surface area (Å²) < 4.78 is 5.46. The second kappa shape index (κ2) is 6.03. The van der Waals surface area contributed by atoms with Crippen molar-refractivity contribution in [2.24, 2.45) is 0 Å². The summed E-state index contributed by atoms with van der Waals surface area (Å²) in [4.78, 5) is 26.5. The minimum Gasteiger partial charge on any atom is -0.368 e. The smallest absolute Gasteiger partial charge is 0.252 e. The number of hydrogen-bond acceptors (Lipinski definition) is 3. The Morgan fingerprint density at radius 3 is 2.90 bits per heavy atom. The lowest BCUT2D eigenvalue weighted by Crippen LogP contribution is -2.54. The molecule has 2 amide bonds. The molecule has 5 nitrogen and oxygen atoms in total. The summed E-state index contributed by atoms with van der Waals surface area (Å²) in [5.41, 5.74) is 0.655. The van der Waals surface area contributed by atoms with Gasteiger partial charge in [-0.15, -0.1) is 0 Å². The molecule has 2 aliphatic heterocycles. The number of halogens is 1. The second-order valence-corrected chi connectivity index (χ2v) is 5.66. The molecule has 0 spiro atoms. The van der Waals surface area contributed by atoms with Gasteiger partial charge >= 0.3 is 0 Å². The highest BCUT2D eigenvalue weighted by molar-refractivity contribution is 6.31. The summed E-state index contributed by atoms with van der Waals surface area (Å²) in [6.07, 6.45) is 1.17. The molecule has 1 aromatic carbocycles. The first-order valence-electron chi connectivity index (χ1n) is 7.12. The van der Waals surface area contributed by atoms with Gasteiger partial charge in [0.05, 0.1) is 0 Å². The normalized spacial score (nSPS) is 25.8. The van der Waals surface area contributed by atoms with Crippen LogP contribution < -0.4 is 5.32 Å². The van der Waals surface area contributed by atoms with Crippen molar-refractivity contribution in [1.29, 1.82) is 0 Å². The van der Waals surface area contributed by atoms with E-state index in [0.29, 0.717) is 36.7 Å². The molecule has 0 radical (unpaired) electrons. The summed E-state index contributed by atoms with van der Waals surface area (Å²) >= 11 is 6.20. The van der Waals surface area contributed by atoms with Gasteiger partial charge in [0.25, 0.3) is 5.91 Å². The Balaban J connectivity index is 1.91. The van der Waals surface area contributed by atoms with Gasteiger partial charge in [-0.3, -0.25) is 9.59 Å². The first kappa shape index (κ1) is 14.4. The lowest BCUT2D eigenvalue weighted by atomic mass is 10.0. The number of hydrogen-bond donors (Lipinski definition) is 1. The number of benzene rings is 1. The standard InChI is InChI=1S/C15H17ClN2O3/c16-11-5-2-1-4-10(11)13-14(19)17-7-8-18(13)15(20)12-6-3-9-21-12/h1-2,4-5,12-13H,3,6-9H2,(H,17,19). The van der Waals surface area contributed by atoms with E-state index in [9.17, 15) is 9.59 Å². The minimum atomic E-state index is -0.677. The van der Waals surface area contributed by atoms with Gasteiger partial charge in [-0.05, 0) is 18.9 Å². The average Bonchev–Trinajstić information content (AvgIpc) is 3.01. The summed E-state index contributed by atoms with van der Waals surface area (Å²) in [6.45, 7) is 1.53. The molecule has 1 aromatic rings. The maximum atomic E-state index is 12.6. The molecule has 112 valence electrons. The van der Waals surface area contributed by atoms with E-state index in [1.54, 1.807) is 23.1 Å². The average molecular weight is 309 g/mol. The van der Waals surface area contributed by atoms with Crippen LogP contribution in [0.4, 0.5) is 0 Å². The molecule has 6 heteroatoms. The summed E-state index contributed by atoms with van der Waals surface area (Å²) in [5.74, 6) is -0.312. The van der Waals surface area contributed by atoms with Crippen LogP contribution in [0, 0.1) is 0 Å². The SMILES string of the molecule is O=C1NCCN(C(=O)C2CCCO2)C1c1ccccc1Cl. The quantitative estimate of drug-likeness (QED) is 0.901. The van der Waals surface area contributed by atoms with E-state index in [-0.39, 0.29) is 11.8 Å². The third kappa shape index (κ3) is 2.76. The van der Waals surface area contributed by atoms with Gasteiger partial charge in [0, 0.05) is 30.3 Å². The maximum absolute atomic E-state index is 12.6. The van der Waals surface area contributed by atoms with Crippen molar-refractivity contribution in [3.63, 3.8) is 0 Å². The lowest BCUT2D eigenvalue weighted by molar-refractivity contribution is -0.150. The number of nitrogens with one attached hydrogen (secondary N) is 1. The highest BCUT2D eigenvalue weighted by atomic mass is 35.5. The Bertz CT molecular complexity index is 558. The fourth-order valence-corrected chi connectivity index (χ4v) is 3.11. The van der Waals surface area contributed by atoms with Crippen LogP contribution in [0.15, 0.2) is 24.3 Å². The highest BCUT2D eigenvalue weighted by Gasteiger charge is 2.39. The fraction of sp³-hybridized carbons (Fsp3) is 0.467. The van der Waals surface area contributed by atoms with Gasteiger partial charge in [-0.25, -0.2) is 0 Å². The van der Waals surface area contributed by atoms with Crippen molar-refractivity contribution in [1.82, 2.24) is 10.2 Å². The van der Waals surface area contributed by atoms with Gasteiger partial charge in [0.1, 0.15) is 12.1 Å². The molecular formula is C15H17ClN2O3. The van der Waals surface area contributed by atoms with E-state index in [1.807, 2.05) is 6.07 Å². The number of ether oxygens (including phenoxy) is 1. The molecule has 2 unspecified atom stereocenters. The van der Waals surface area contributed by atoms with Gasteiger partial charge in [0.2, 0.25) is 5.91 Å². The second-order valence-electron chi connectivity index (χ2n) is 5.25. The number of rotatable bonds is 2. The van der Waals surface area contributed by atoms with Crippen LogP contribution in [0.3, 0.4) is 0 Å². The molecule has 0 saturated carbocycles. The zero-order valence-corrected chi connectivity index (χ0v) is 12.3. The van der Waals surface area contributed by atoms with Crippen molar-refractivity contribution in [3.05, 3.63) is 34.9 Å². The topological polar surface area (TPSA) is 58.6 Å². The number of amides is 2. The van der Waals surface area contributed by atoms with E-state index < -0.39 is 12.1 Å². The molecule has 0 aromatic heterocycles. The van der Waals surface area contributed by atoms with E-state index in [2.05, 4.69) is 5.32 Å². The largest absolute Gasteiger partial charge is 0.368 e. The van der Waals surface area contributed by atoms with Crippen LogP contribution in [-0.4, -0.2) is 42.5 Å². The number of nitrogens with zero attached hydrogens (tertiary/aromatic N) is 1. The Morgan fingerprint density at radius 2 is 2.19 bits per heavy atom. The molecule has 3 rings (SSSR count). The van der Waals surface area contributed by atoms with E-state index in [4.69, 9.17) is 16.3 Å². The monoisotopic (exact) mass is 308 g/mol. The number of carbonyl (C=O) groups is 2. The first-order chi connectivity index (χ1) is 10.2. The zero-order valence-electron chi connectivity index (χ0n) is 11.5. The molecule has 2 saturated heterocycles. The van der Waals surface area contributed by atoms with Crippen LogP contribution in [0.1, 0.15) is 24.4 Å². The van der Waals surface area contributed by atoms with Gasteiger partial charge in [-0.1, -0.05) is 29.8 Å². The van der Waals surface area contributed by atoms with Crippen LogP contribution >= 0.6 is 11.6 Å². The van der Waals surface area contributed by atoms with Gasteiger partial charge in [-0.2, -0.15) is 0 Å². The summed E-state index contributed by atoms with van der Waals surface area (Å²) in [6, 6.07) is 6.46. The molecule has 0 bridgehead atoms. The third-order valence-electron chi connectivity index (χ3n) is 3.90. The number of piperazine rings is 1. The Labute approximate surface area is 128 Å². The Morgan fingerprint density at radius 1 is 1.38 bits per heavy atom. The molecular weight excluding hydrogens is 292 g/mol. The number of carbonyl (C=O) groups excluding carboxylic acids is 2. The third-order valence-corrected chi connectivity index (χ3v) is 4.24. The molecule has 2 heterocycles. The summed E-state index contributed by atoms with van der Waals surface area (Å²) in [7, 11) is 0. The molecule has 1 N–H and O–H groups in total. The van der Waals surface area contributed by atoms with E-state index in [0.717, 1.165) is 6.42 Å². The first-order valence-corrected chi connectivity index (χ1v) is 7.50. The van der Waals surface area contributed by atoms with Crippen molar-refractivity contribution >= 4 is 23.4 Å². The van der Waals surface area contributed by atoms with Crippen LogP contribution in [0.2, 0.25) is 5.02 Å². The molecule has 2 aliphatic rings. The van der Waals surface area contributed by atoms with Crippen LogP contribution in [-0.2, 0) is 14.3 Å². The van der Waals surface area contributed by atoms with Crippen molar-refractivity contribution in [2.75, 3.05) is 19.7 Å². The molecule has 2 fully saturated rings. The maximum Gasteiger partial charge on any atom is 0.252 e. The van der Waals surface area contributed by atoms with Gasteiger partial charge < -0.3 is 15.0 Å². The summed E-state index contributed by atoms with van der Waals surface area (Å²) in [5, 5.41) is 3.29. The Hall–Kier alpha value is -1.59. The van der Waals surface area contributed by atoms with Crippen LogP contribution in [0.5, 0.6) is 0 Å². The zero-order chi connectivity index (χ0) is 14.8. The highest BCUT2D eigenvalue weighted by Crippen LogP contribution is 2.30. The predicted molar refractivity (Wildman–Crippen MR) is 77.9 cm³/mol. The fourth-order valence-electron chi connectivity index (χ4n) is 2.87. The molecule has 2 atom stereocenters.